The highest BCUT2D eigenvalue weighted by Gasteiger charge is 2.22. The van der Waals surface area contributed by atoms with E-state index in [0.717, 1.165) is 18.0 Å². The summed E-state index contributed by atoms with van der Waals surface area (Å²) in [6, 6.07) is 21.3. The zero-order chi connectivity index (χ0) is 13.8. The van der Waals surface area contributed by atoms with Gasteiger partial charge < -0.3 is 4.90 Å². The Hall–Kier alpha value is -1.93. The fourth-order valence-corrected chi connectivity index (χ4v) is 2.86. The van der Waals surface area contributed by atoms with Crippen LogP contribution in [-0.2, 0) is 6.54 Å². The van der Waals surface area contributed by atoms with Gasteiger partial charge in [0.25, 0.3) is 0 Å². The molecule has 0 spiro atoms. The molecule has 0 aliphatic carbocycles. The summed E-state index contributed by atoms with van der Waals surface area (Å²) in [7, 11) is 0. The number of thiocarbonyl (C=S) groups is 1. The molecule has 0 radical (unpaired) electrons. The summed E-state index contributed by atoms with van der Waals surface area (Å²) < 4.78 is 0. The van der Waals surface area contributed by atoms with Crippen LogP contribution in [-0.4, -0.2) is 9.89 Å². The van der Waals surface area contributed by atoms with E-state index in [-0.39, 0.29) is 6.04 Å². The molecule has 0 aromatic heterocycles. The molecule has 1 aliphatic rings. The molecule has 1 atom stereocenters. The normalized spacial score (nSPS) is 18.3. The van der Waals surface area contributed by atoms with Crippen LogP contribution < -0.4 is 0 Å². The summed E-state index contributed by atoms with van der Waals surface area (Å²) in [5.41, 5.74) is 2.59. The molecule has 0 N–H and O–H groups in total. The van der Waals surface area contributed by atoms with Gasteiger partial charge in [0.2, 0.25) is 0 Å². The highest BCUT2D eigenvalue weighted by atomic mass is 32.1. The summed E-state index contributed by atoms with van der Waals surface area (Å²) in [5, 5.41) is 0. The lowest BCUT2D eigenvalue weighted by Crippen LogP contribution is -2.34. The molecular weight excluding hydrogens is 262 g/mol. The number of hydrogen-bond donors (Lipinski definition) is 0. The van der Waals surface area contributed by atoms with Crippen molar-refractivity contribution in [3.05, 3.63) is 83.9 Å². The summed E-state index contributed by atoms with van der Waals surface area (Å²) >= 11 is 5.58. The van der Waals surface area contributed by atoms with Crippen LogP contribution in [0.4, 0.5) is 0 Å². The first-order valence-electron chi connectivity index (χ1n) is 6.89. The van der Waals surface area contributed by atoms with Gasteiger partial charge in [0.1, 0.15) is 0 Å². The van der Waals surface area contributed by atoms with Gasteiger partial charge in [0.05, 0.1) is 11.0 Å². The molecule has 1 aliphatic heterocycles. The molecule has 2 aromatic carbocycles. The number of nitrogens with zero attached hydrogens (tertiary/aromatic N) is 1. The van der Waals surface area contributed by atoms with Crippen molar-refractivity contribution in [1.29, 1.82) is 0 Å². The van der Waals surface area contributed by atoms with Crippen LogP contribution >= 0.6 is 12.2 Å². The van der Waals surface area contributed by atoms with Crippen LogP contribution in [0, 0.1) is 0 Å². The van der Waals surface area contributed by atoms with Crippen molar-refractivity contribution >= 4 is 17.2 Å². The van der Waals surface area contributed by atoms with Gasteiger partial charge in [-0.25, -0.2) is 0 Å². The summed E-state index contributed by atoms with van der Waals surface area (Å²) in [6.45, 7) is 0.865. The Morgan fingerprint density at radius 3 is 2.30 bits per heavy atom. The summed E-state index contributed by atoms with van der Waals surface area (Å²) in [5.74, 6) is 0. The van der Waals surface area contributed by atoms with E-state index in [0.29, 0.717) is 0 Å². The second-order valence-electron chi connectivity index (χ2n) is 5.00. The van der Waals surface area contributed by atoms with Crippen molar-refractivity contribution < 1.29 is 0 Å². The molecule has 0 amide bonds. The van der Waals surface area contributed by atoms with Crippen molar-refractivity contribution in [3.8, 4) is 0 Å². The average molecular weight is 279 g/mol. The Morgan fingerprint density at radius 2 is 1.60 bits per heavy atom. The smallest absolute Gasteiger partial charge is 0.0828 e. The molecule has 20 heavy (non-hydrogen) atoms. The van der Waals surface area contributed by atoms with E-state index < -0.39 is 0 Å². The fraction of sp³-hybridized carbons (Fsp3) is 0.167. The van der Waals surface area contributed by atoms with E-state index in [1.165, 1.54) is 11.1 Å². The molecule has 1 heterocycles. The first-order valence-corrected chi connectivity index (χ1v) is 7.30. The van der Waals surface area contributed by atoms with Gasteiger partial charge in [0.15, 0.2) is 0 Å². The van der Waals surface area contributed by atoms with Gasteiger partial charge in [-0.3, -0.25) is 0 Å². The monoisotopic (exact) mass is 279 g/mol. The Labute approximate surface area is 125 Å². The lowest BCUT2D eigenvalue weighted by molar-refractivity contribution is 0.353. The Balaban J connectivity index is 1.89. The van der Waals surface area contributed by atoms with Gasteiger partial charge >= 0.3 is 0 Å². The van der Waals surface area contributed by atoms with Crippen molar-refractivity contribution in [3.63, 3.8) is 0 Å². The van der Waals surface area contributed by atoms with Crippen LogP contribution in [0.2, 0.25) is 0 Å². The van der Waals surface area contributed by atoms with Gasteiger partial charge in [-0.2, -0.15) is 0 Å². The predicted octanol–water partition coefficient (Wildman–Crippen LogP) is 4.52. The van der Waals surface area contributed by atoms with Crippen molar-refractivity contribution in [2.24, 2.45) is 0 Å². The van der Waals surface area contributed by atoms with Crippen LogP contribution in [0.25, 0.3) is 0 Å². The third-order valence-corrected chi connectivity index (χ3v) is 4.00. The third-order valence-electron chi connectivity index (χ3n) is 3.60. The van der Waals surface area contributed by atoms with Gasteiger partial charge in [-0.05, 0) is 11.1 Å². The van der Waals surface area contributed by atoms with E-state index in [1.54, 1.807) is 0 Å². The highest BCUT2D eigenvalue weighted by molar-refractivity contribution is 7.80. The number of hydrogen-bond acceptors (Lipinski definition) is 1. The summed E-state index contributed by atoms with van der Waals surface area (Å²) in [4.78, 5) is 3.34. The standard InChI is InChI=1S/C18H17NS/c20-18-13-7-12-17(16-10-5-2-6-11-16)19(18)14-15-8-3-1-4-9-15/h1-12,17H,13-14H2. The first kappa shape index (κ1) is 13.1. The fourth-order valence-electron chi connectivity index (χ4n) is 2.58. The van der Waals surface area contributed by atoms with Crippen molar-refractivity contribution in [1.82, 2.24) is 4.90 Å². The Morgan fingerprint density at radius 1 is 0.950 bits per heavy atom. The summed E-state index contributed by atoms with van der Waals surface area (Å²) in [6.07, 6.45) is 5.31. The molecule has 100 valence electrons. The van der Waals surface area contributed by atoms with Crippen molar-refractivity contribution in [2.45, 2.75) is 19.0 Å². The second kappa shape index (κ2) is 6.02. The molecule has 2 aromatic rings. The predicted molar refractivity (Wildman–Crippen MR) is 87.5 cm³/mol. The largest absolute Gasteiger partial charge is 0.351 e. The highest BCUT2D eigenvalue weighted by Crippen LogP contribution is 2.29. The molecule has 0 saturated carbocycles. The molecule has 1 unspecified atom stereocenters. The van der Waals surface area contributed by atoms with Crippen LogP contribution in [0.15, 0.2) is 72.8 Å². The zero-order valence-corrected chi connectivity index (χ0v) is 12.1. The van der Waals surface area contributed by atoms with E-state index in [9.17, 15) is 0 Å². The van der Waals surface area contributed by atoms with Gasteiger partial charge in [0, 0.05) is 13.0 Å². The maximum atomic E-state index is 5.58. The van der Waals surface area contributed by atoms with E-state index in [2.05, 4.69) is 71.6 Å². The van der Waals surface area contributed by atoms with Gasteiger partial charge in [-0.15, -0.1) is 0 Å². The Bertz CT molecular complexity index is 604. The molecule has 0 saturated heterocycles. The molecule has 2 heteroatoms. The minimum absolute atomic E-state index is 0.248. The number of benzene rings is 2. The molecular formula is C18H17NS. The van der Waals surface area contributed by atoms with Crippen LogP contribution in [0.3, 0.4) is 0 Å². The zero-order valence-electron chi connectivity index (χ0n) is 11.3. The minimum atomic E-state index is 0.248. The van der Waals surface area contributed by atoms with Crippen LogP contribution in [0.1, 0.15) is 23.6 Å². The first-order chi connectivity index (χ1) is 9.84. The molecule has 1 nitrogen and oxygen atoms in total. The molecule has 0 fully saturated rings. The van der Waals surface area contributed by atoms with E-state index in [1.807, 2.05) is 6.07 Å². The van der Waals surface area contributed by atoms with Crippen molar-refractivity contribution in [2.75, 3.05) is 0 Å². The Kier molecular flexibility index (Phi) is 3.93. The van der Waals surface area contributed by atoms with E-state index >= 15 is 0 Å². The minimum Gasteiger partial charge on any atom is -0.351 e. The van der Waals surface area contributed by atoms with Crippen LogP contribution in [0.5, 0.6) is 0 Å². The van der Waals surface area contributed by atoms with Gasteiger partial charge in [-0.1, -0.05) is 85.0 Å². The lowest BCUT2D eigenvalue weighted by atomic mass is 10.0. The SMILES string of the molecule is S=C1CC=CC(c2ccccc2)N1Cc1ccccc1. The second-order valence-corrected chi connectivity index (χ2v) is 5.47. The maximum absolute atomic E-state index is 5.58. The third kappa shape index (κ3) is 2.81. The number of rotatable bonds is 3. The average Bonchev–Trinajstić information content (AvgIpc) is 2.51. The molecule has 0 bridgehead atoms. The molecule has 3 rings (SSSR count). The lowest BCUT2D eigenvalue weighted by Gasteiger charge is -2.35. The maximum Gasteiger partial charge on any atom is 0.0828 e. The van der Waals surface area contributed by atoms with E-state index in [4.69, 9.17) is 12.2 Å². The topological polar surface area (TPSA) is 3.24 Å². The quantitative estimate of drug-likeness (QED) is 0.600.